The molecule has 4 aliphatic rings. The van der Waals surface area contributed by atoms with Crippen LogP contribution in [-0.4, -0.2) is 155 Å². The third-order valence-electron chi connectivity index (χ3n) is 10.9. The molecular weight excluding hydrogens is 900 g/mol. The number of hydroxylamine groups is 2. The zero-order valence-corrected chi connectivity index (χ0v) is 40.2. The molecule has 2 aromatic rings. The van der Waals surface area contributed by atoms with Crippen molar-refractivity contribution < 1.29 is 72.9 Å². The summed E-state index contributed by atoms with van der Waals surface area (Å²) < 4.78 is 94.9. The van der Waals surface area contributed by atoms with Crippen LogP contribution in [0.5, 0.6) is 0 Å². The Morgan fingerprint density at radius 2 is 1.42 bits per heavy atom. The van der Waals surface area contributed by atoms with Crippen LogP contribution in [0.15, 0.2) is 80.9 Å². The summed E-state index contributed by atoms with van der Waals surface area (Å²) in [6.45, 7) is 6.47. The first-order valence-electron chi connectivity index (χ1n) is 18.8. The first kappa shape index (κ1) is 49.1. The summed E-state index contributed by atoms with van der Waals surface area (Å²) in [7, 11) is -13.3. The number of carbonyl (C=O) groups is 5. The smallest absolute Gasteiger partial charge is 0.333 e. The number of nitrogens with zero attached hydrogens (tertiary/aromatic N) is 3. The number of ketones is 1. The Balaban J connectivity index is 0.00000726. The minimum absolute atomic E-state index is 0. The van der Waals surface area contributed by atoms with Gasteiger partial charge in [0.2, 0.25) is 28.0 Å². The molecule has 0 spiro atoms. The van der Waals surface area contributed by atoms with E-state index in [1.165, 1.54) is 47.1 Å². The van der Waals surface area contributed by atoms with Gasteiger partial charge in [0.15, 0.2) is 5.71 Å². The Morgan fingerprint density at radius 3 is 1.98 bits per heavy atom. The molecule has 1 radical (unpaired) electrons. The van der Waals surface area contributed by atoms with E-state index in [1.54, 1.807) is 27.7 Å². The number of anilines is 1. The van der Waals surface area contributed by atoms with E-state index in [1.807, 2.05) is 9.62 Å². The molecule has 3 amide bonds. The van der Waals surface area contributed by atoms with Crippen LogP contribution in [0.3, 0.4) is 0 Å². The molecule has 0 atom stereocenters. The Morgan fingerprint density at radius 1 is 0.839 bits per heavy atom. The fraction of sp³-hybridized carbons (Fsp3) is 0.385. The van der Waals surface area contributed by atoms with Gasteiger partial charge in [0.1, 0.15) is 5.76 Å². The standard InChI is InChI=1S/C39H42N4O15S3.K/c1-38(2)26-17-22(60(52,53)54)10-12-28(26)41(16-8-6-7-9-35(47)58-43-33(45)14-15-34(43)46)30(38)19-24-36(48)25(37(24)49)20-31-39(3,4)27-18-23(61(55,56)57)11-13-29(27)42(31)21-32(44)40-59(5,50)51;/h10-13,17-20H,6-9,14-16,21H2,1-5H3,(H3-,40,44,48,49,52,53,54,55,56,57);/p+1. The predicted molar refractivity (Wildman–Crippen MR) is 221 cm³/mol. The summed E-state index contributed by atoms with van der Waals surface area (Å²) in [5, 5.41) is 12.0. The quantitative estimate of drug-likeness (QED) is 0.0529. The number of allylic oxidation sites excluding steroid dienone is 5. The number of amides is 3. The molecule has 0 saturated carbocycles. The van der Waals surface area contributed by atoms with Gasteiger partial charge >= 0.3 is 5.97 Å². The Bertz CT molecular complexity index is 2790. The van der Waals surface area contributed by atoms with Crippen LogP contribution < -0.4 is 9.62 Å². The number of hydrogen-bond acceptors (Lipinski definition) is 14. The van der Waals surface area contributed by atoms with Crippen LogP contribution >= 0.6 is 0 Å². The average molecular weight is 943 g/mol. The van der Waals surface area contributed by atoms with Crippen molar-refractivity contribution in [2.45, 2.75) is 86.8 Å². The summed E-state index contributed by atoms with van der Waals surface area (Å²) >= 11 is 0. The van der Waals surface area contributed by atoms with E-state index in [0.717, 1.165) is 12.3 Å². The van der Waals surface area contributed by atoms with Crippen molar-refractivity contribution >= 4 is 128 Å². The van der Waals surface area contributed by atoms with E-state index in [9.17, 15) is 63.4 Å². The van der Waals surface area contributed by atoms with E-state index in [0.29, 0.717) is 46.8 Å². The van der Waals surface area contributed by atoms with E-state index < -0.39 is 87.8 Å². The van der Waals surface area contributed by atoms with Gasteiger partial charge in [-0.2, -0.15) is 21.4 Å². The zero-order chi connectivity index (χ0) is 45.2. The van der Waals surface area contributed by atoms with Gasteiger partial charge in [-0.05, 0) is 68.7 Å². The van der Waals surface area contributed by atoms with Gasteiger partial charge in [-0.15, -0.1) is 5.06 Å². The molecule has 62 heavy (non-hydrogen) atoms. The van der Waals surface area contributed by atoms with Crippen LogP contribution in [0, 0.1) is 0 Å². The third kappa shape index (κ3) is 9.76. The van der Waals surface area contributed by atoms with Crippen LogP contribution in [0.4, 0.5) is 11.4 Å². The number of hydrogen-bond donors (Lipinski definition) is 4. The Hall–Kier alpha value is -3.91. The van der Waals surface area contributed by atoms with Crippen molar-refractivity contribution in [3.05, 3.63) is 82.3 Å². The summed E-state index contributed by atoms with van der Waals surface area (Å²) in [4.78, 5) is 68.8. The number of unbranched alkanes of at least 4 members (excludes halogenated alkanes) is 2. The zero-order valence-electron chi connectivity index (χ0n) is 34.6. The molecule has 0 bridgehead atoms. The molecule has 6 rings (SSSR count). The van der Waals surface area contributed by atoms with Crippen LogP contribution in [0.1, 0.15) is 77.3 Å². The minimum Gasteiger partial charge on any atom is -0.506 e. The number of aliphatic hydroxyl groups excluding tert-OH is 1. The molecule has 2 aromatic carbocycles. The molecule has 0 aromatic heterocycles. The van der Waals surface area contributed by atoms with Gasteiger partial charge in [-0.3, -0.25) is 28.3 Å². The minimum atomic E-state index is -4.67. The second-order valence-electron chi connectivity index (χ2n) is 16.0. The monoisotopic (exact) mass is 942 g/mol. The van der Waals surface area contributed by atoms with Crippen molar-refractivity contribution in [1.29, 1.82) is 0 Å². The summed E-state index contributed by atoms with van der Waals surface area (Å²) in [5.41, 5.74) is -0.243. The number of fused-ring (bicyclic) bond motifs is 2. The van der Waals surface area contributed by atoms with Crippen molar-refractivity contribution in [3.8, 4) is 0 Å². The van der Waals surface area contributed by atoms with E-state index in [-0.39, 0.29) is 105 Å². The second kappa shape index (κ2) is 17.6. The molecule has 3 heterocycles. The number of nitrogens with one attached hydrogen (secondary N) is 1. The average Bonchev–Trinajstić information content (AvgIpc) is 3.65. The van der Waals surface area contributed by atoms with E-state index in [4.69, 9.17) is 4.84 Å². The molecule has 23 heteroatoms. The maximum absolute atomic E-state index is 14.0. The van der Waals surface area contributed by atoms with Gasteiger partial charge in [0.05, 0.1) is 32.6 Å². The summed E-state index contributed by atoms with van der Waals surface area (Å²) in [6, 6.07) is 7.65. The van der Waals surface area contributed by atoms with E-state index in [2.05, 4.69) is 0 Å². The number of imide groups is 1. The Kier molecular flexibility index (Phi) is 13.9. The molecule has 19 nitrogen and oxygen atoms in total. The number of benzene rings is 2. The van der Waals surface area contributed by atoms with Gasteiger partial charge in [-0.25, -0.2) is 17.9 Å². The maximum atomic E-state index is 14.0. The maximum Gasteiger partial charge on any atom is 0.333 e. The fourth-order valence-corrected chi connectivity index (χ4v) is 9.34. The van der Waals surface area contributed by atoms with Gasteiger partial charge in [-0.1, -0.05) is 20.3 Å². The molecule has 1 fully saturated rings. The van der Waals surface area contributed by atoms with Crippen molar-refractivity contribution in [1.82, 2.24) is 9.79 Å². The first-order valence-corrected chi connectivity index (χ1v) is 23.6. The van der Waals surface area contributed by atoms with Crippen LogP contribution in [0.25, 0.3) is 0 Å². The normalized spacial score (nSPS) is 19.5. The fourth-order valence-electron chi connectivity index (χ4n) is 7.85. The number of Topliss-reactive ketones (excluding diaryl/α,β-unsaturated/α-hetero) is 1. The number of rotatable bonds is 14. The van der Waals surface area contributed by atoms with Crippen LogP contribution in [0.2, 0.25) is 0 Å². The SMILES string of the molecule is CC1(C)C(/C=C2\C(=O)C(/C=C3/N(CCCCCC(=O)ON4C(=O)CCC4=O)c4ccc(S(=O)(=O)O)cc4C3(C)C)=C2O)=[N+](CC(=O)NS(C)(=O)=O)c2ccc(S(=O)(=O)O)cc21.[K]. The van der Waals surface area contributed by atoms with Gasteiger partial charge in [0.25, 0.3) is 38.0 Å². The summed E-state index contributed by atoms with van der Waals surface area (Å²) in [5.74, 6) is -3.99. The van der Waals surface area contributed by atoms with E-state index >= 15 is 0 Å². The van der Waals surface area contributed by atoms with Gasteiger partial charge in [0, 0.05) is 112 Å². The molecular formula is C39H43KN4O15S3+. The van der Waals surface area contributed by atoms with Crippen LogP contribution in [-0.2, 0) is 69.9 Å². The number of carbonyl (C=O) groups excluding carboxylic acids is 5. The number of sulfonamides is 1. The molecule has 3 aliphatic heterocycles. The molecule has 1 saturated heterocycles. The van der Waals surface area contributed by atoms with Crippen molar-refractivity contribution in [2.24, 2.45) is 0 Å². The Labute approximate surface area is 400 Å². The van der Waals surface area contributed by atoms with Gasteiger partial charge < -0.3 is 14.8 Å². The second-order valence-corrected chi connectivity index (χ2v) is 20.6. The largest absolute Gasteiger partial charge is 0.506 e. The third-order valence-corrected chi connectivity index (χ3v) is 13.2. The molecule has 4 N–H and O–H groups in total. The molecule has 0 unspecified atom stereocenters. The first-order chi connectivity index (χ1) is 28.1. The van der Waals surface area contributed by atoms with Crippen molar-refractivity contribution in [2.75, 3.05) is 24.2 Å². The molecule has 1 aliphatic carbocycles. The number of aliphatic hydroxyl groups is 1. The van der Waals surface area contributed by atoms with Crippen molar-refractivity contribution in [3.63, 3.8) is 0 Å². The predicted octanol–water partition coefficient (Wildman–Crippen LogP) is 2.42. The molecule has 327 valence electrons. The summed E-state index contributed by atoms with van der Waals surface area (Å²) in [6.07, 6.45) is 4.61. The topological polar surface area (TPSA) is 279 Å².